The molecule has 2 aliphatic rings. The number of carbonyl (C=O) groups is 1. The second-order valence-electron chi connectivity index (χ2n) is 8.75. The Hall–Kier alpha value is -3.15. The quantitative estimate of drug-likeness (QED) is 0.644. The predicted molar refractivity (Wildman–Crippen MR) is 123 cm³/mol. The van der Waals surface area contributed by atoms with Gasteiger partial charge in [-0.25, -0.2) is 4.98 Å². The number of rotatable bonds is 5. The highest BCUT2D eigenvalue weighted by atomic mass is 16.2. The van der Waals surface area contributed by atoms with Crippen LogP contribution in [0.1, 0.15) is 45.3 Å². The molecule has 1 aliphatic carbocycles. The van der Waals surface area contributed by atoms with Gasteiger partial charge >= 0.3 is 0 Å². The summed E-state index contributed by atoms with van der Waals surface area (Å²) >= 11 is 0. The van der Waals surface area contributed by atoms with E-state index in [0.29, 0.717) is 5.92 Å². The maximum absolute atomic E-state index is 12.8. The van der Waals surface area contributed by atoms with Crippen LogP contribution in [0, 0.1) is 11.8 Å². The van der Waals surface area contributed by atoms with Crippen LogP contribution in [-0.2, 0) is 11.3 Å². The maximum Gasteiger partial charge on any atom is 0.224 e. The largest absolute Gasteiger partial charge is 0.376 e. The molecule has 1 fully saturated rings. The topological polar surface area (TPSA) is 63.1 Å². The molecule has 31 heavy (non-hydrogen) atoms. The van der Waals surface area contributed by atoms with Gasteiger partial charge in [0.2, 0.25) is 5.91 Å². The van der Waals surface area contributed by atoms with E-state index < -0.39 is 0 Å². The van der Waals surface area contributed by atoms with Crippen molar-refractivity contribution in [3.8, 4) is 11.3 Å². The Bertz CT molecular complexity index is 1090. The SMILES string of the molecule is CCn1cc(-c2ccc3c(n2)C(Nc2ccccc2)[C@@H](C)C(C2CC2)N3C(C)=O)cn1. The van der Waals surface area contributed by atoms with Gasteiger partial charge in [-0.1, -0.05) is 25.1 Å². The zero-order valence-corrected chi connectivity index (χ0v) is 18.3. The van der Waals surface area contributed by atoms with E-state index in [1.807, 2.05) is 46.2 Å². The summed E-state index contributed by atoms with van der Waals surface area (Å²) in [5.41, 5.74) is 4.82. The standard InChI is InChI=1S/C25H29N5O/c1-4-29-15-19(14-26-29)21-12-13-22-24(28-21)23(27-20-8-6-5-7-9-20)16(2)25(18-10-11-18)30(22)17(3)31/h5-9,12-16,18,23,25,27H,4,10-11H2,1-3H3/t16-,23?,25?/m1/s1. The molecule has 3 heterocycles. The van der Waals surface area contributed by atoms with Crippen molar-refractivity contribution in [2.75, 3.05) is 10.2 Å². The van der Waals surface area contributed by atoms with E-state index in [1.165, 1.54) is 12.8 Å². The maximum atomic E-state index is 12.8. The van der Waals surface area contributed by atoms with Crippen LogP contribution in [0.5, 0.6) is 0 Å². The first-order valence-corrected chi connectivity index (χ1v) is 11.2. The lowest BCUT2D eigenvalue weighted by Gasteiger charge is -2.45. The second-order valence-corrected chi connectivity index (χ2v) is 8.75. The molecule has 1 amide bonds. The lowest BCUT2D eigenvalue weighted by atomic mass is 9.82. The number of amides is 1. The lowest BCUT2D eigenvalue weighted by Crippen LogP contribution is -2.51. The summed E-state index contributed by atoms with van der Waals surface area (Å²) in [4.78, 5) is 19.9. The Labute approximate surface area is 183 Å². The summed E-state index contributed by atoms with van der Waals surface area (Å²) in [6.45, 7) is 6.82. The van der Waals surface area contributed by atoms with Crippen molar-refractivity contribution in [1.82, 2.24) is 14.8 Å². The minimum Gasteiger partial charge on any atom is -0.376 e. The number of carbonyl (C=O) groups excluding carboxylic acids is 1. The summed E-state index contributed by atoms with van der Waals surface area (Å²) < 4.78 is 1.91. The van der Waals surface area contributed by atoms with Crippen molar-refractivity contribution in [2.24, 2.45) is 11.8 Å². The number of hydrogen-bond acceptors (Lipinski definition) is 4. The number of aromatic nitrogens is 3. The van der Waals surface area contributed by atoms with E-state index in [-0.39, 0.29) is 23.9 Å². The molecular weight excluding hydrogens is 386 g/mol. The minimum absolute atomic E-state index is 0.0276. The van der Waals surface area contributed by atoms with Crippen LogP contribution in [0.4, 0.5) is 11.4 Å². The highest BCUT2D eigenvalue weighted by molar-refractivity contribution is 5.94. The Morgan fingerprint density at radius 3 is 2.58 bits per heavy atom. The van der Waals surface area contributed by atoms with Gasteiger partial charge in [-0.05, 0) is 49.9 Å². The third-order valence-electron chi connectivity index (χ3n) is 6.61. The number of aryl methyl sites for hydroxylation is 1. The lowest BCUT2D eigenvalue weighted by molar-refractivity contribution is -0.117. The smallest absolute Gasteiger partial charge is 0.224 e. The fraction of sp³-hybridized carbons (Fsp3) is 0.400. The summed E-state index contributed by atoms with van der Waals surface area (Å²) in [6, 6.07) is 14.6. The zero-order chi connectivity index (χ0) is 21.5. The van der Waals surface area contributed by atoms with E-state index in [0.717, 1.165) is 34.9 Å². The molecule has 6 nitrogen and oxygen atoms in total. The van der Waals surface area contributed by atoms with E-state index in [1.54, 1.807) is 6.92 Å². The minimum atomic E-state index is 0.0276. The highest BCUT2D eigenvalue weighted by Gasteiger charge is 2.48. The Balaban J connectivity index is 1.62. The molecule has 6 heteroatoms. The molecule has 160 valence electrons. The number of anilines is 2. The molecule has 2 aromatic heterocycles. The molecule has 0 radical (unpaired) electrons. The molecular formula is C25H29N5O. The summed E-state index contributed by atoms with van der Waals surface area (Å²) in [5, 5.41) is 8.14. The van der Waals surface area contributed by atoms with E-state index >= 15 is 0 Å². The molecule has 0 saturated heterocycles. The molecule has 5 rings (SSSR count). The molecule has 2 unspecified atom stereocenters. The number of hydrogen-bond donors (Lipinski definition) is 1. The van der Waals surface area contributed by atoms with Crippen molar-refractivity contribution in [3.63, 3.8) is 0 Å². The number of para-hydroxylation sites is 1. The number of nitrogens with one attached hydrogen (secondary N) is 1. The molecule has 0 spiro atoms. The first-order valence-electron chi connectivity index (χ1n) is 11.2. The van der Waals surface area contributed by atoms with Gasteiger partial charge in [0.1, 0.15) is 0 Å². The van der Waals surface area contributed by atoms with Gasteiger partial charge in [-0.3, -0.25) is 9.48 Å². The zero-order valence-electron chi connectivity index (χ0n) is 18.3. The summed E-state index contributed by atoms with van der Waals surface area (Å²) in [6.07, 6.45) is 6.26. The van der Waals surface area contributed by atoms with Gasteiger partial charge in [0, 0.05) is 42.9 Å². The third kappa shape index (κ3) is 3.60. The molecule has 1 aromatic carbocycles. The van der Waals surface area contributed by atoms with Crippen LogP contribution >= 0.6 is 0 Å². The summed E-state index contributed by atoms with van der Waals surface area (Å²) in [5.74, 6) is 0.899. The van der Waals surface area contributed by atoms with Crippen molar-refractivity contribution in [1.29, 1.82) is 0 Å². The Kier molecular flexibility index (Phi) is 5.00. The van der Waals surface area contributed by atoms with E-state index in [4.69, 9.17) is 4.98 Å². The second kappa shape index (κ2) is 7.84. The van der Waals surface area contributed by atoms with Crippen molar-refractivity contribution in [3.05, 3.63) is 60.6 Å². The average Bonchev–Trinajstić information content (AvgIpc) is 3.50. The summed E-state index contributed by atoms with van der Waals surface area (Å²) in [7, 11) is 0. The van der Waals surface area contributed by atoms with Crippen LogP contribution in [0.15, 0.2) is 54.9 Å². The molecule has 1 N–H and O–H groups in total. The van der Waals surface area contributed by atoms with Gasteiger partial charge in [0.25, 0.3) is 0 Å². The first kappa shape index (κ1) is 19.8. The molecule has 3 atom stereocenters. The van der Waals surface area contributed by atoms with Gasteiger partial charge in [0.15, 0.2) is 0 Å². The predicted octanol–water partition coefficient (Wildman–Crippen LogP) is 4.90. The highest BCUT2D eigenvalue weighted by Crippen LogP contribution is 2.49. The van der Waals surface area contributed by atoms with Gasteiger partial charge in [0.05, 0.1) is 29.3 Å². The third-order valence-corrected chi connectivity index (χ3v) is 6.61. The van der Waals surface area contributed by atoms with Crippen LogP contribution in [-0.4, -0.2) is 26.7 Å². The number of fused-ring (bicyclic) bond motifs is 1. The molecule has 1 saturated carbocycles. The molecule has 3 aromatic rings. The van der Waals surface area contributed by atoms with Crippen LogP contribution in [0.2, 0.25) is 0 Å². The van der Waals surface area contributed by atoms with E-state index in [2.05, 4.69) is 42.5 Å². The van der Waals surface area contributed by atoms with Crippen LogP contribution in [0.25, 0.3) is 11.3 Å². The number of benzene rings is 1. The number of pyridine rings is 1. The molecule has 0 bridgehead atoms. The Morgan fingerprint density at radius 2 is 1.94 bits per heavy atom. The van der Waals surface area contributed by atoms with Gasteiger partial charge in [-0.2, -0.15) is 5.10 Å². The first-order chi connectivity index (χ1) is 15.1. The average molecular weight is 416 g/mol. The Morgan fingerprint density at radius 1 is 1.16 bits per heavy atom. The van der Waals surface area contributed by atoms with Crippen LogP contribution in [0.3, 0.4) is 0 Å². The molecule has 1 aliphatic heterocycles. The number of nitrogens with zero attached hydrogens (tertiary/aromatic N) is 4. The normalized spacial score (nSPS) is 22.8. The van der Waals surface area contributed by atoms with Crippen molar-refractivity contribution >= 4 is 17.3 Å². The van der Waals surface area contributed by atoms with Gasteiger partial charge < -0.3 is 10.2 Å². The fourth-order valence-corrected chi connectivity index (χ4v) is 4.94. The van der Waals surface area contributed by atoms with Crippen molar-refractivity contribution < 1.29 is 4.79 Å². The fourth-order valence-electron chi connectivity index (χ4n) is 4.94. The van der Waals surface area contributed by atoms with E-state index in [9.17, 15) is 4.79 Å². The van der Waals surface area contributed by atoms with Gasteiger partial charge in [-0.15, -0.1) is 0 Å². The van der Waals surface area contributed by atoms with Crippen LogP contribution < -0.4 is 10.2 Å². The van der Waals surface area contributed by atoms with Crippen molar-refractivity contribution in [2.45, 2.75) is 52.2 Å². The monoisotopic (exact) mass is 415 g/mol.